The molecule has 0 saturated heterocycles. The van der Waals surface area contributed by atoms with Crippen LogP contribution in [0.25, 0.3) is 0 Å². The van der Waals surface area contributed by atoms with Gasteiger partial charge in [0, 0.05) is 11.2 Å². The molecule has 1 aromatic rings. The van der Waals surface area contributed by atoms with Crippen molar-refractivity contribution in [2.45, 2.75) is 19.4 Å². The van der Waals surface area contributed by atoms with Crippen molar-refractivity contribution >= 4 is 28.9 Å². The summed E-state index contributed by atoms with van der Waals surface area (Å²) >= 11 is 5.98. The summed E-state index contributed by atoms with van der Waals surface area (Å²) in [6.07, 6.45) is 0. The van der Waals surface area contributed by atoms with Crippen molar-refractivity contribution in [3.05, 3.63) is 23.2 Å². The molecule has 19 heavy (non-hydrogen) atoms. The maximum Gasteiger partial charge on any atom is 0.238 e. The number of likely N-dealkylation sites (N-methyl/N-ethyl adjacent to an activating group) is 1. The molecule has 0 saturated carbocycles. The van der Waals surface area contributed by atoms with Crippen LogP contribution in [-0.2, 0) is 4.79 Å². The molecule has 6 heteroatoms. The average Bonchev–Trinajstić information content (AvgIpc) is 2.32. The molecule has 106 valence electrons. The van der Waals surface area contributed by atoms with Crippen molar-refractivity contribution in [1.82, 2.24) is 4.90 Å². The van der Waals surface area contributed by atoms with Crippen LogP contribution in [0.3, 0.4) is 0 Å². The maximum atomic E-state index is 11.9. The van der Waals surface area contributed by atoms with Crippen LogP contribution in [0.5, 0.6) is 0 Å². The topological polar surface area (TPSA) is 78.6 Å². The van der Waals surface area contributed by atoms with E-state index in [1.165, 1.54) is 0 Å². The van der Waals surface area contributed by atoms with Gasteiger partial charge in [0.05, 0.1) is 23.9 Å². The number of nitrogens with two attached hydrogens (primary N) is 1. The van der Waals surface area contributed by atoms with Crippen molar-refractivity contribution in [2.75, 3.05) is 31.2 Å². The highest BCUT2D eigenvalue weighted by Gasteiger charge is 2.24. The van der Waals surface area contributed by atoms with Crippen LogP contribution in [0.2, 0.25) is 5.02 Å². The molecule has 1 aromatic carbocycles. The number of nitrogen functional groups attached to an aromatic ring is 1. The fourth-order valence-electron chi connectivity index (χ4n) is 1.37. The molecule has 0 fully saturated rings. The van der Waals surface area contributed by atoms with Gasteiger partial charge in [-0.25, -0.2) is 0 Å². The Labute approximate surface area is 118 Å². The number of hydrogen-bond donors (Lipinski definition) is 3. The standard InChI is InChI=1S/C13H20ClN3O2/c1-13(2,8-18)17(3)7-12(19)16-11-5-4-9(15)6-10(11)14/h4-6,18H,7-8,15H2,1-3H3,(H,16,19). The van der Waals surface area contributed by atoms with E-state index in [4.69, 9.17) is 17.3 Å². The van der Waals surface area contributed by atoms with Crippen molar-refractivity contribution in [3.8, 4) is 0 Å². The van der Waals surface area contributed by atoms with E-state index in [1.54, 1.807) is 30.1 Å². The predicted molar refractivity (Wildman–Crippen MR) is 78.3 cm³/mol. The Hall–Kier alpha value is -1.30. The summed E-state index contributed by atoms with van der Waals surface area (Å²) in [5.74, 6) is -0.198. The Morgan fingerprint density at radius 2 is 2.16 bits per heavy atom. The smallest absolute Gasteiger partial charge is 0.238 e. The summed E-state index contributed by atoms with van der Waals surface area (Å²) in [6, 6.07) is 4.91. The SMILES string of the molecule is CN(CC(=O)Nc1ccc(N)cc1Cl)C(C)(C)CO. The van der Waals surface area contributed by atoms with E-state index in [0.717, 1.165) is 0 Å². The molecule has 0 heterocycles. The lowest BCUT2D eigenvalue weighted by Crippen LogP contribution is -2.47. The lowest BCUT2D eigenvalue weighted by atomic mass is 10.1. The van der Waals surface area contributed by atoms with E-state index in [9.17, 15) is 9.90 Å². The molecule has 5 nitrogen and oxygen atoms in total. The van der Waals surface area contributed by atoms with E-state index in [0.29, 0.717) is 16.4 Å². The Kier molecular flexibility index (Phi) is 5.17. The van der Waals surface area contributed by atoms with Gasteiger partial charge in [-0.1, -0.05) is 11.6 Å². The molecule has 0 radical (unpaired) electrons. The minimum atomic E-state index is -0.456. The highest BCUT2D eigenvalue weighted by Crippen LogP contribution is 2.24. The third-order valence-electron chi connectivity index (χ3n) is 3.07. The van der Waals surface area contributed by atoms with Gasteiger partial charge in [0.25, 0.3) is 0 Å². The first kappa shape index (κ1) is 15.8. The number of nitrogens with zero attached hydrogens (tertiary/aromatic N) is 1. The normalized spacial score (nSPS) is 11.7. The molecule has 0 atom stereocenters. The first-order valence-corrected chi connectivity index (χ1v) is 6.31. The molecule has 4 N–H and O–H groups in total. The molecule has 0 unspecified atom stereocenters. The molecule has 0 aliphatic heterocycles. The first-order chi connectivity index (χ1) is 8.76. The third kappa shape index (κ3) is 4.38. The van der Waals surface area contributed by atoms with Crippen LogP contribution in [0.15, 0.2) is 18.2 Å². The summed E-state index contributed by atoms with van der Waals surface area (Å²) in [5.41, 5.74) is 6.19. The number of benzene rings is 1. The third-order valence-corrected chi connectivity index (χ3v) is 3.38. The quantitative estimate of drug-likeness (QED) is 0.718. The first-order valence-electron chi connectivity index (χ1n) is 5.93. The predicted octanol–water partition coefficient (Wildman–Crippen LogP) is 1.56. The van der Waals surface area contributed by atoms with Gasteiger partial charge >= 0.3 is 0 Å². The van der Waals surface area contributed by atoms with Crippen LogP contribution in [0.1, 0.15) is 13.8 Å². The number of aliphatic hydroxyl groups excluding tert-OH is 1. The highest BCUT2D eigenvalue weighted by atomic mass is 35.5. The van der Waals surface area contributed by atoms with Gasteiger partial charge in [-0.2, -0.15) is 0 Å². The summed E-state index contributed by atoms with van der Waals surface area (Å²) in [7, 11) is 1.78. The molecule has 0 aliphatic rings. The number of carbonyl (C=O) groups is 1. The van der Waals surface area contributed by atoms with Crippen LogP contribution in [-0.4, -0.2) is 41.7 Å². The molecule has 1 rings (SSSR count). The molecule has 1 amide bonds. The van der Waals surface area contributed by atoms with Crippen LogP contribution < -0.4 is 11.1 Å². The fraction of sp³-hybridized carbons (Fsp3) is 0.462. The Morgan fingerprint density at radius 3 is 2.68 bits per heavy atom. The molecule has 0 bridgehead atoms. The van der Waals surface area contributed by atoms with Gasteiger partial charge in [0.1, 0.15) is 0 Å². The second-order valence-corrected chi connectivity index (χ2v) is 5.52. The van der Waals surface area contributed by atoms with E-state index in [1.807, 2.05) is 13.8 Å². The molecule has 0 aliphatic carbocycles. The minimum absolute atomic E-state index is 0.0284. The highest BCUT2D eigenvalue weighted by molar-refractivity contribution is 6.34. The van der Waals surface area contributed by atoms with Gasteiger partial charge in [-0.15, -0.1) is 0 Å². The second-order valence-electron chi connectivity index (χ2n) is 5.11. The number of carbonyl (C=O) groups excluding carboxylic acids is 1. The Balaban J connectivity index is 2.65. The van der Waals surface area contributed by atoms with E-state index in [2.05, 4.69) is 5.32 Å². The lowest BCUT2D eigenvalue weighted by Gasteiger charge is -2.33. The van der Waals surface area contributed by atoms with Crippen LogP contribution >= 0.6 is 11.6 Å². The molecular formula is C13H20ClN3O2. The number of rotatable bonds is 5. The zero-order chi connectivity index (χ0) is 14.6. The summed E-state index contributed by atoms with van der Waals surface area (Å²) < 4.78 is 0. The van der Waals surface area contributed by atoms with Gasteiger partial charge in [-0.05, 0) is 39.1 Å². The fourth-order valence-corrected chi connectivity index (χ4v) is 1.61. The van der Waals surface area contributed by atoms with Crippen LogP contribution in [0, 0.1) is 0 Å². The van der Waals surface area contributed by atoms with Gasteiger partial charge in [0.2, 0.25) is 5.91 Å². The van der Waals surface area contributed by atoms with Gasteiger partial charge in [0.15, 0.2) is 0 Å². The monoisotopic (exact) mass is 285 g/mol. The number of amides is 1. The second kappa shape index (κ2) is 6.23. The van der Waals surface area contributed by atoms with Crippen molar-refractivity contribution in [3.63, 3.8) is 0 Å². The number of aliphatic hydroxyl groups is 1. The van der Waals surface area contributed by atoms with Crippen molar-refractivity contribution in [2.24, 2.45) is 0 Å². The molecular weight excluding hydrogens is 266 g/mol. The summed E-state index contributed by atoms with van der Waals surface area (Å²) in [5, 5.41) is 12.3. The summed E-state index contributed by atoms with van der Waals surface area (Å²) in [6.45, 7) is 3.85. The zero-order valence-corrected chi connectivity index (χ0v) is 12.2. The van der Waals surface area contributed by atoms with E-state index in [-0.39, 0.29) is 19.1 Å². The number of hydrogen-bond acceptors (Lipinski definition) is 4. The van der Waals surface area contributed by atoms with Gasteiger partial charge < -0.3 is 16.2 Å². The number of halogens is 1. The van der Waals surface area contributed by atoms with E-state index >= 15 is 0 Å². The summed E-state index contributed by atoms with van der Waals surface area (Å²) in [4.78, 5) is 13.7. The van der Waals surface area contributed by atoms with Crippen molar-refractivity contribution in [1.29, 1.82) is 0 Å². The average molecular weight is 286 g/mol. The lowest BCUT2D eigenvalue weighted by molar-refractivity contribution is -0.118. The number of anilines is 2. The molecule has 0 spiro atoms. The molecule has 0 aromatic heterocycles. The van der Waals surface area contributed by atoms with Gasteiger partial charge in [-0.3, -0.25) is 9.69 Å². The minimum Gasteiger partial charge on any atom is -0.399 e. The van der Waals surface area contributed by atoms with Crippen molar-refractivity contribution < 1.29 is 9.90 Å². The van der Waals surface area contributed by atoms with Crippen LogP contribution in [0.4, 0.5) is 11.4 Å². The Bertz CT molecular complexity index is 463. The Morgan fingerprint density at radius 1 is 1.53 bits per heavy atom. The van der Waals surface area contributed by atoms with E-state index < -0.39 is 5.54 Å². The number of nitrogens with one attached hydrogen (secondary N) is 1. The largest absolute Gasteiger partial charge is 0.399 e. The maximum absolute atomic E-state index is 11.9. The zero-order valence-electron chi connectivity index (χ0n) is 11.4.